The van der Waals surface area contributed by atoms with E-state index in [1.807, 2.05) is 6.08 Å². The summed E-state index contributed by atoms with van der Waals surface area (Å²) in [7, 11) is 0. The first-order valence-corrected chi connectivity index (χ1v) is 5.89. The molecule has 2 aliphatic heterocycles. The molecule has 0 aromatic heterocycles. The minimum absolute atomic E-state index is 0.0705. The van der Waals surface area contributed by atoms with Gasteiger partial charge in [-0.05, 0) is 25.8 Å². The molecule has 2 unspecified atom stereocenters. The van der Waals surface area contributed by atoms with Crippen LogP contribution in [0.4, 0.5) is 5.69 Å². The number of fused-ring (bicyclic) bond motifs is 4. The molecule has 1 aromatic carbocycles. The Kier molecular flexibility index (Phi) is 2.08. The van der Waals surface area contributed by atoms with Gasteiger partial charge >= 0.3 is 0 Å². The van der Waals surface area contributed by atoms with E-state index < -0.39 is 0 Å². The van der Waals surface area contributed by atoms with E-state index in [2.05, 4.69) is 42.7 Å². The molecule has 0 spiro atoms. The molecule has 0 N–H and O–H groups in total. The van der Waals surface area contributed by atoms with Crippen LogP contribution in [0.5, 0.6) is 0 Å². The van der Waals surface area contributed by atoms with E-state index >= 15 is 0 Å². The predicted octanol–water partition coefficient (Wildman–Crippen LogP) is 3.04. The van der Waals surface area contributed by atoms with Gasteiger partial charge in [-0.3, -0.25) is 0 Å². The van der Waals surface area contributed by atoms with Crippen LogP contribution in [0.15, 0.2) is 36.9 Å². The van der Waals surface area contributed by atoms with E-state index in [0.717, 1.165) is 19.4 Å². The Hall–Kier alpha value is -1.28. The zero-order valence-electron chi connectivity index (χ0n) is 9.65. The first-order valence-electron chi connectivity index (χ1n) is 5.89. The summed E-state index contributed by atoms with van der Waals surface area (Å²) >= 11 is 0. The SMILES string of the molecule is C=CCN1c2ccccc2C2(C)CCC1O2. The van der Waals surface area contributed by atoms with Crippen LogP contribution in [0.3, 0.4) is 0 Å². The molecule has 84 valence electrons. The van der Waals surface area contributed by atoms with Crippen LogP contribution < -0.4 is 4.90 Å². The third-order valence-corrected chi connectivity index (χ3v) is 3.72. The van der Waals surface area contributed by atoms with Gasteiger partial charge in [0, 0.05) is 17.8 Å². The Morgan fingerprint density at radius 3 is 3.19 bits per heavy atom. The van der Waals surface area contributed by atoms with Gasteiger partial charge in [0.05, 0.1) is 5.60 Å². The average Bonchev–Trinajstić information content (AvgIpc) is 2.65. The summed E-state index contributed by atoms with van der Waals surface area (Å²) in [5, 5.41) is 0. The smallest absolute Gasteiger partial charge is 0.131 e. The van der Waals surface area contributed by atoms with Gasteiger partial charge in [0.2, 0.25) is 0 Å². The predicted molar refractivity (Wildman–Crippen MR) is 65.4 cm³/mol. The quantitative estimate of drug-likeness (QED) is 0.703. The van der Waals surface area contributed by atoms with Gasteiger partial charge in [0.1, 0.15) is 6.23 Å². The molecule has 0 aliphatic carbocycles. The molecular weight excluding hydrogens is 198 g/mol. The fourth-order valence-corrected chi connectivity index (χ4v) is 2.92. The number of hydrogen-bond acceptors (Lipinski definition) is 2. The van der Waals surface area contributed by atoms with E-state index in [4.69, 9.17) is 4.74 Å². The molecule has 2 bridgehead atoms. The lowest BCUT2D eigenvalue weighted by molar-refractivity contribution is -0.0418. The number of hydrogen-bond donors (Lipinski definition) is 0. The summed E-state index contributed by atoms with van der Waals surface area (Å²) < 4.78 is 6.15. The highest BCUT2D eigenvalue weighted by atomic mass is 16.5. The maximum atomic E-state index is 6.15. The molecule has 1 saturated heterocycles. The number of ether oxygens (including phenoxy) is 1. The second-order valence-electron chi connectivity index (χ2n) is 4.80. The minimum atomic E-state index is -0.0705. The number of para-hydroxylation sites is 1. The van der Waals surface area contributed by atoms with E-state index in [9.17, 15) is 0 Å². The molecule has 2 atom stereocenters. The van der Waals surface area contributed by atoms with Crippen LogP contribution in [-0.4, -0.2) is 12.8 Å². The minimum Gasteiger partial charge on any atom is -0.347 e. The fourth-order valence-electron chi connectivity index (χ4n) is 2.92. The Morgan fingerprint density at radius 1 is 1.56 bits per heavy atom. The third-order valence-electron chi connectivity index (χ3n) is 3.72. The van der Waals surface area contributed by atoms with Gasteiger partial charge in [0.25, 0.3) is 0 Å². The van der Waals surface area contributed by atoms with Gasteiger partial charge < -0.3 is 9.64 Å². The van der Waals surface area contributed by atoms with E-state index in [-0.39, 0.29) is 11.8 Å². The molecule has 2 aliphatic rings. The van der Waals surface area contributed by atoms with E-state index in [0.29, 0.717) is 0 Å². The normalized spacial score (nSPS) is 31.3. The van der Waals surface area contributed by atoms with Gasteiger partial charge in [-0.25, -0.2) is 0 Å². The topological polar surface area (TPSA) is 12.5 Å². The van der Waals surface area contributed by atoms with Crippen LogP contribution in [0.1, 0.15) is 25.3 Å². The molecule has 0 amide bonds. The number of rotatable bonds is 2. The van der Waals surface area contributed by atoms with Crippen molar-refractivity contribution in [3.05, 3.63) is 42.5 Å². The van der Waals surface area contributed by atoms with E-state index in [1.165, 1.54) is 11.3 Å². The highest BCUT2D eigenvalue weighted by Gasteiger charge is 2.46. The molecule has 1 fully saturated rings. The van der Waals surface area contributed by atoms with Gasteiger partial charge in [-0.15, -0.1) is 6.58 Å². The Bertz CT molecular complexity index is 428. The first kappa shape index (κ1) is 9.91. The van der Waals surface area contributed by atoms with Crippen LogP contribution in [0.25, 0.3) is 0 Å². The van der Waals surface area contributed by atoms with E-state index in [1.54, 1.807) is 0 Å². The lowest BCUT2D eigenvalue weighted by Crippen LogP contribution is -2.42. The Labute approximate surface area is 96.5 Å². The van der Waals surface area contributed by atoms with Crippen LogP contribution >= 0.6 is 0 Å². The molecule has 2 nitrogen and oxygen atoms in total. The van der Waals surface area contributed by atoms with Crippen molar-refractivity contribution in [1.82, 2.24) is 0 Å². The second kappa shape index (κ2) is 3.36. The van der Waals surface area contributed by atoms with Crippen molar-refractivity contribution in [2.45, 2.75) is 31.6 Å². The number of anilines is 1. The fraction of sp³-hybridized carbons (Fsp3) is 0.429. The zero-order chi connectivity index (χ0) is 11.2. The lowest BCUT2D eigenvalue weighted by atomic mass is 9.92. The summed E-state index contributed by atoms with van der Waals surface area (Å²) in [6.45, 7) is 6.89. The molecule has 2 heterocycles. The highest BCUT2D eigenvalue weighted by molar-refractivity contribution is 5.59. The number of benzene rings is 1. The second-order valence-corrected chi connectivity index (χ2v) is 4.80. The first-order chi connectivity index (χ1) is 7.74. The molecule has 0 saturated carbocycles. The lowest BCUT2D eigenvalue weighted by Gasteiger charge is -2.40. The van der Waals surface area contributed by atoms with Gasteiger partial charge in [-0.2, -0.15) is 0 Å². The Balaban J connectivity index is 2.13. The monoisotopic (exact) mass is 215 g/mol. The van der Waals surface area contributed by atoms with Crippen molar-refractivity contribution in [2.75, 3.05) is 11.4 Å². The van der Waals surface area contributed by atoms with Gasteiger partial charge in [-0.1, -0.05) is 24.3 Å². The number of nitrogens with zero attached hydrogens (tertiary/aromatic N) is 1. The summed E-state index contributed by atoms with van der Waals surface area (Å²) in [6, 6.07) is 8.58. The maximum Gasteiger partial charge on any atom is 0.131 e. The average molecular weight is 215 g/mol. The summed E-state index contributed by atoms with van der Waals surface area (Å²) in [5.41, 5.74) is 2.57. The van der Waals surface area contributed by atoms with Crippen LogP contribution in [-0.2, 0) is 10.3 Å². The van der Waals surface area contributed by atoms with Crippen molar-refractivity contribution in [2.24, 2.45) is 0 Å². The largest absolute Gasteiger partial charge is 0.347 e. The van der Waals surface area contributed by atoms with Crippen molar-refractivity contribution in [3.63, 3.8) is 0 Å². The van der Waals surface area contributed by atoms with Crippen molar-refractivity contribution < 1.29 is 4.74 Å². The Morgan fingerprint density at radius 2 is 2.38 bits per heavy atom. The highest BCUT2D eigenvalue weighted by Crippen LogP contribution is 2.49. The third kappa shape index (κ3) is 1.23. The molecule has 0 radical (unpaired) electrons. The molecular formula is C14H17NO. The van der Waals surface area contributed by atoms with Crippen molar-refractivity contribution >= 4 is 5.69 Å². The maximum absolute atomic E-state index is 6.15. The van der Waals surface area contributed by atoms with Crippen molar-refractivity contribution in [1.29, 1.82) is 0 Å². The zero-order valence-corrected chi connectivity index (χ0v) is 9.65. The molecule has 3 rings (SSSR count). The summed E-state index contributed by atoms with van der Waals surface area (Å²) in [4.78, 5) is 2.32. The van der Waals surface area contributed by atoms with Crippen LogP contribution in [0, 0.1) is 0 Å². The summed E-state index contributed by atoms with van der Waals surface area (Å²) in [6.07, 6.45) is 4.40. The van der Waals surface area contributed by atoms with Crippen molar-refractivity contribution in [3.8, 4) is 0 Å². The van der Waals surface area contributed by atoms with Gasteiger partial charge in [0.15, 0.2) is 0 Å². The van der Waals surface area contributed by atoms with Crippen LogP contribution in [0.2, 0.25) is 0 Å². The molecule has 2 heteroatoms. The standard InChI is InChI=1S/C14H17NO/c1-3-10-15-12-7-5-4-6-11(12)14(2)9-8-13(15)16-14/h3-7,13H,1,8-10H2,2H3. The molecule has 16 heavy (non-hydrogen) atoms. The summed E-state index contributed by atoms with van der Waals surface area (Å²) in [5.74, 6) is 0. The molecule has 1 aromatic rings.